The minimum absolute atomic E-state index is 0.645. The quantitative estimate of drug-likeness (QED) is 0.187. The van der Waals surface area contributed by atoms with Gasteiger partial charge in [-0.15, -0.1) is 0 Å². The summed E-state index contributed by atoms with van der Waals surface area (Å²) in [6.07, 6.45) is 1.81. The maximum absolute atomic E-state index is 6.42. The molecule has 0 aliphatic carbocycles. The molecule has 7 aromatic carbocycles. The molecule has 3 aromatic heterocycles. The molecule has 0 saturated heterocycles. The number of nitrogens with zero attached hydrogens (tertiary/aromatic N) is 4. The SMILES string of the molecule is c1ccc(-c2ccc(-c3nc(-c4ccc(N5c6ccc7ccccc7c6-c6cccc7cccc5c67)cc4)nc4c3oc3ccccc34)cc2)nc1. The molecule has 242 valence electrons. The van der Waals surface area contributed by atoms with Gasteiger partial charge in [0.15, 0.2) is 11.4 Å². The number of benzene rings is 7. The van der Waals surface area contributed by atoms with E-state index in [1.807, 2.05) is 42.6 Å². The molecule has 0 N–H and O–H groups in total. The predicted molar refractivity (Wildman–Crippen MR) is 212 cm³/mol. The Morgan fingerprint density at radius 1 is 0.500 bits per heavy atom. The van der Waals surface area contributed by atoms with Crippen LogP contribution in [0.5, 0.6) is 0 Å². The van der Waals surface area contributed by atoms with Gasteiger partial charge in [0.1, 0.15) is 16.8 Å². The molecular weight excluding hydrogens is 637 g/mol. The minimum Gasteiger partial charge on any atom is -0.452 e. The highest BCUT2D eigenvalue weighted by Gasteiger charge is 2.27. The number of fused-ring (bicyclic) bond motifs is 7. The van der Waals surface area contributed by atoms with Crippen LogP contribution in [0.1, 0.15) is 0 Å². The lowest BCUT2D eigenvalue weighted by atomic mass is 9.87. The van der Waals surface area contributed by atoms with E-state index in [0.717, 1.165) is 55.9 Å². The molecule has 5 heteroatoms. The van der Waals surface area contributed by atoms with E-state index in [0.29, 0.717) is 11.4 Å². The number of aromatic nitrogens is 3. The van der Waals surface area contributed by atoms with Crippen molar-refractivity contribution in [2.45, 2.75) is 0 Å². The number of para-hydroxylation sites is 1. The van der Waals surface area contributed by atoms with E-state index in [9.17, 15) is 0 Å². The second-order valence-electron chi connectivity index (χ2n) is 13.2. The van der Waals surface area contributed by atoms with E-state index >= 15 is 0 Å². The summed E-state index contributed by atoms with van der Waals surface area (Å²) in [5.74, 6) is 0.645. The summed E-state index contributed by atoms with van der Waals surface area (Å²) in [6, 6.07) is 57.3. The fraction of sp³-hybridized carbons (Fsp3) is 0. The molecule has 0 spiro atoms. The second kappa shape index (κ2) is 11.2. The molecule has 10 aromatic rings. The number of hydrogen-bond acceptors (Lipinski definition) is 5. The fourth-order valence-corrected chi connectivity index (χ4v) is 7.86. The van der Waals surface area contributed by atoms with Gasteiger partial charge in [-0.05, 0) is 82.4 Å². The van der Waals surface area contributed by atoms with Crippen molar-refractivity contribution >= 4 is 60.7 Å². The lowest BCUT2D eigenvalue weighted by molar-refractivity contribution is 0.667. The molecular formula is C47H28N4O. The summed E-state index contributed by atoms with van der Waals surface area (Å²) in [5.41, 5.74) is 12.8. The summed E-state index contributed by atoms with van der Waals surface area (Å²) >= 11 is 0. The van der Waals surface area contributed by atoms with Crippen molar-refractivity contribution in [2.75, 3.05) is 4.90 Å². The third-order valence-corrected chi connectivity index (χ3v) is 10.3. The van der Waals surface area contributed by atoms with E-state index in [-0.39, 0.29) is 0 Å². The summed E-state index contributed by atoms with van der Waals surface area (Å²) in [5, 5.41) is 5.93. The van der Waals surface area contributed by atoms with Gasteiger partial charge >= 0.3 is 0 Å². The van der Waals surface area contributed by atoms with Gasteiger partial charge in [0.2, 0.25) is 0 Å². The van der Waals surface area contributed by atoms with Gasteiger partial charge in [-0.2, -0.15) is 0 Å². The van der Waals surface area contributed by atoms with E-state index in [4.69, 9.17) is 14.4 Å². The highest BCUT2D eigenvalue weighted by Crippen LogP contribution is 2.53. The first-order valence-electron chi connectivity index (χ1n) is 17.4. The summed E-state index contributed by atoms with van der Waals surface area (Å²) in [6.45, 7) is 0. The normalized spacial score (nSPS) is 12.2. The first kappa shape index (κ1) is 28.7. The van der Waals surface area contributed by atoms with E-state index in [2.05, 4.69) is 137 Å². The van der Waals surface area contributed by atoms with Crippen molar-refractivity contribution in [2.24, 2.45) is 0 Å². The number of rotatable bonds is 4. The Morgan fingerprint density at radius 3 is 2.08 bits per heavy atom. The van der Waals surface area contributed by atoms with E-state index in [1.54, 1.807) is 0 Å². The van der Waals surface area contributed by atoms with Gasteiger partial charge in [-0.25, -0.2) is 9.97 Å². The molecule has 0 saturated carbocycles. The van der Waals surface area contributed by atoms with Crippen LogP contribution in [0.2, 0.25) is 0 Å². The summed E-state index contributed by atoms with van der Waals surface area (Å²) in [7, 11) is 0. The lowest BCUT2D eigenvalue weighted by Crippen LogP contribution is -2.15. The van der Waals surface area contributed by atoms with Crippen molar-refractivity contribution in [3.8, 4) is 45.0 Å². The number of anilines is 3. The van der Waals surface area contributed by atoms with Crippen LogP contribution in [0.3, 0.4) is 0 Å². The predicted octanol–water partition coefficient (Wildman–Crippen LogP) is 12.5. The second-order valence-corrected chi connectivity index (χ2v) is 13.2. The average molecular weight is 665 g/mol. The fourth-order valence-electron chi connectivity index (χ4n) is 7.86. The molecule has 0 radical (unpaired) electrons. The average Bonchev–Trinajstić information content (AvgIpc) is 3.60. The number of hydrogen-bond donors (Lipinski definition) is 0. The zero-order chi connectivity index (χ0) is 34.2. The van der Waals surface area contributed by atoms with Gasteiger partial charge in [0.25, 0.3) is 0 Å². The molecule has 4 heterocycles. The molecule has 5 nitrogen and oxygen atoms in total. The molecule has 1 aliphatic rings. The van der Waals surface area contributed by atoms with Crippen LogP contribution in [0, 0.1) is 0 Å². The molecule has 0 fully saturated rings. The number of furan rings is 1. The van der Waals surface area contributed by atoms with Gasteiger partial charge < -0.3 is 9.32 Å². The summed E-state index contributed by atoms with van der Waals surface area (Å²) < 4.78 is 6.42. The van der Waals surface area contributed by atoms with Gasteiger partial charge in [-0.3, -0.25) is 4.98 Å². The Labute approximate surface area is 299 Å². The van der Waals surface area contributed by atoms with Crippen molar-refractivity contribution in [3.63, 3.8) is 0 Å². The number of pyridine rings is 1. The van der Waals surface area contributed by atoms with Crippen LogP contribution in [-0.4, -0.2) is 15.0 Å². The minimum atomic E-state index is 0.645. The van der Waals surface area contributed by atoms with E-state index < -0.39 is 0 Å². The van der Waals surface area contributed by atoms with Gasteiger partial charge in [0, 0.05) is 44.9 Å². The van der Waals surface area contributed by atoms with Gasteiger partial charge in [-0.1, -0.05) is 103 Å². The maximum atomic E-state index is 6.42. The van der Waals surface area contributed by atoms with Crippen LogP contribution in [0.15, 0.2) is 174 Å². The zero-order valence-electron chi connectivity index (χ0n) is 27.9. The van der Waals surface area contributed by atoms with Crippen molar-refractivity contribution < 1.29 is 4.42 Å². The zero-order valence-corrected chi connectivity index (χ0v) is 27.9. The Hall–Kier alpha value is -7.11. The first-order valence-corrected chi connectivity index (χ1v) is 17.4. The topological polar surface area (TPSA) is 55.1 Å². The molecule has 1 aliphatic heterocycles. The molecule has 0 unspecified atom stereocenters. The van der Waals surface area contributed by atoms with Crippen LogP contribution in [-0.2, 0) is 0 Å². The Morgan fingerprint density at radius 2 is 1.23 bits per heavy atom. The molecule has 0 amide bonds. The standard InChI is InChI=1S/C47H28N4O/c1-2-12-35-29(9-1)24-27-40-43(35)37-14-7-10-31-11-8-16-39(42(31)37)51(40)34-25-22-33(23-26-34)47-49-44(46-45(50-47)36-13-3-4-17-41(36)52-46)32-20-18-30(19-21-32)38-15-5-6-28-48-38/h1-28H. The van der Waals surface area contributed by atoms with Crippen LogP contribution in [0.4, 0.5) is 17.1 Å². The Kier molecular flexibility index (Phi) is 6.18. The lowest BCUT2D eigenvalue weighted by Gasteiger charge is -2.34. The van der Waals surface area contributed by atoms with Crippen molar-refractivity contribution in [3.05, 3.63) is 170 Å². The third-order valence-electron chi connectivity index (χ3n) is 10.3. The first-order chi connectivity index (χ1) is 25.8. The van der Waals surface area contributed by atoms with Crippen LogP contribution < -0.4 is 4.90 Å². The maximum Gasteiger partial charge on any atom is 0.180 e. The molecule has 0 atom stereocenters. The molecule has 11 rings (SSSR count). The van der Waals surface area contributed by atoms with E-state index in [1.165, 1.54) is 38.4 Å². The smallest absolute Gasteiger partial charge is 0.180 e. The molecule has 52 heavy (non-hydrogen) atoms. The highest BCUT2D eigenvalue weighted by molar-refractivity contribution is 6.19. The van der Waals surface area contributed by atoms with Gasteiger partial charge in [0.05, 0.1) is 17.1 Å². The van der Waals surface area contributed by atoms with Crippen molar-refractivity contribution in [1.29, 1.82) is 0 Å². The highest BCUT2D eigenvalue weighted by atomic mass is 16.3. The largest absolute Gasteiger partial charge is 0.452 e. The molecule has 0 bridgehead atoms. The summed E-state index contributed by atoms with van der Waals surface area (Å²) in [4.78, 5) is 17.2. The Bertz CT molecular complexity index is 3000. The van der Waals surface area contributed by atoms with Crippen LogP contribution in [0.25, 0.3) is 88.6 Å². The van der Waals surface area contributed by atoms with Crippen LogP contribution >= 0.6 is 0 Å². The monoisotopic (exact) mass is 664 g/mol. The Balaban J connectivity index is 1.06. The third kappa shape index (κ3) is 4.33. The van der Waals surface area contributed by atoms with Crippen molar-refractivity contribution in [1.82, 2.24) is 15.0 Å².